The molecule has 1 aromatic heterocycles. The highest BCUT2D eigenvalue weighted by Crippen LogP contribution is 2.29. The van der Waals surface area contributed by atoms with Crippen molar-refractivity contribution in [3.8, 4) is 0 Å². The molecular formula is C20H28N6O. The van der Waals surface area contributed by atoms with E-state index in [0.717, 1.165) is 56.7 Å². The van der Waals surface area contributed by atoms with Crippen molar-refractivity contribution in [2.75, 3.05) is 48.0 Å². The molecule has 7 heteroatoms. The largest absolute Gasteiger partial charge is 0.378 e. The van der Waals surface area contributed by atoms with E-state index < -0.39 is 0 Å². The third-order valence-corrected chi connectivity index (χ3v) is 5.42. The average molecular weight is 368 g/mol. The number of nitrogens with zero attached hydrogens (tertiary/aromatic N) is 5. The van der Waals surface area contributed by atoms with Gasteiger partial charge in [-0.25, -0.2) is 0 Å². The van der Waals surface area contributed by atoms with Crippen LogP contribution < -0.4 is 15.1 Å². The van der Waals surface area contributed by atoms with Crippen LogP contribution in [0.1, 0.15) is 32.6 Å². The van der Waals surface area contributed by atoms with Crippen LogP contribution >= 0.6 is 0 Å². The van der Waals surface area contributed by atoms with Gasteiger partial charge in [-0.3, -0.25) is 0 Å². The predicted molar refractivity (Wildman–Crippen MR) is 108 cm³/mol. The van der Waals surface area contributed by atoms with Crippen molar-refractivity contribution in [3.05, 3.63) is 30.5 Å². The Labute approximate surface area is 160 Å². The minimum Gasteiger partial charge on any atom is -0.378 e. The summed E-state index contributed by atoms with van der Waals surface area (Å²) >= 11 is 0. The molecule has 3 heterocycles. The SMILES string of the molecule is CCC1CCCCN1c1nncc(Nc2ccccc2N2CCOCC2)n1. The molecule has 1 aromatic carbocycles. The first-order valence-corrected chi connectivity index (χ1v) is 10.0. The molecule has 1 unspecified atom stereocenters. The molecule has 1 atom stereocenters. The maximum atomic E-state index is 5.48. The average Bonchev–Trinajstić information content (AvgIpc) is 2.75. The summed E-state index contributed by atoms with van der Waals surface area (Å²) in [7, 11) is 0. The monoisotopic (exact) mass is 368 g/mol. The molecule has 144 valence electrons. The summed E-state index contributed by atoms with van der Waals surface area (Å²) in [6, 6.07) is 8.85. The zero-order chi connectivity index (χ0) is 18.5. The number of benzene rings is 1. The number of morpholine rings is 1. The standard InChI is InChI=1S/C20H28N6O/c1-2-16-7-5-6-10-26(16)20-23-19(15-21-24-20)22-17-8-3-4-9-18(17)25-11-13-27-14-12-25/h3-4,8-9,15-16H,2,5-7,10-14H2,1H3,(H,22,23,24). The van der Waals surface area contributed by atoms with Crippen molar-refractivity contribution >= 4 is 23.1 Å². The van der Waals surface area contributed by atoms with E-state index in [9.17, 15) is 0 Å². The van der Waals surface area contributed by atoms with Gasteiger partial charge in [-0.05, 0) is 37.8 Å². The molecule has 27 heavy (non-hydrogen) atoms. The molecule has 7 nitrogen and oxygen atoms in total. The van der Waals surface area contributed by atoms with Crippen LogP contribution in [-0.4, -0.2) is 54.1 Å². The molecule has 0 bridgehead atoms. The molecule has 2 aromatic rings. The summed E-state index contributed by atoms with van der Waals surface area (Å²) in [6.07, 6.45) is 6.49. The van der Waals surface area contributed by atoms with E-state index in [2.05, 4.69) is 50.4 Å². The number of para-hydroxylation sites is 2. The second kappa shape index (κ2) is 8.52. The van der Waals surface area contributed by atoms with Gasteiger partial charge in [0.1, 0.15) is 0 Å². The van der Waals surface area contributed by atoms with Gasteiger partial charge in [0.2, 0.25) is 5.95 Å². The van der Waals surface area contributed by atoms with Crippen LogP contribution in [0.5, 0.6) is 0 Å². The number of piperidine rings is 1. The summed E-state index contributed by atoms with van der Waals surface area (Å²) < 4.78 is 5.48. The van der Waals surface area contributed by atoms with Gasteiger partial charge in [0.15, 0.2) is 5.82 Å². The van der Waals surface area contributed by atoms with E-state index >= 15 is 0 Å². The number of ether oxygens (including phenoxy) is 1. The highest BCUT2D eigenvalue weighted by molar-refractivity contribution is 5.74. The molecule has 4 rings (SSSR count). The van der Waals surface area contributed by atoms with Crippen LogP contribution in [0.3, 0.4) is 0 Å². The molecule has 0 saturated carbocycles. The van der Waals surface area contributed by atoms with Gasteiger partial charge < -0.3 is 19.9 Å². The van der Waals surface area contributed by atoms with E-state index in [1.165, 1.54) is 24.9 Å². The van der Waals surface area contributed by atoms with E-state index in [1.54, 1.807) is 6.20 Å². The van der Waals surface area contributed by atoms with Gasteiger partial charge in [0.25, 0.3) is 0 Å². The van der Waals surface area contributed by atoms with Gasteiger partial charge in [-0.15, -0.1) is 5.10 Å². The smallest absolute Gasteiger partial charge is 0.247 e. The summed E-state index contributed by atoms with van der Waals surface area (Å²) in [4.78, 5) is 9.44. The Balaban J connectivity index is 1.55. The van der Waals surface area contributed by atoms with Crippen LogP contribution in [0.2, 0.25) is 0 Å². The molecule has 2 aliphatic heterocycles. The molecule has 2 saturated heterocycles. The molecule has 0 spiro atoms. The zero-order valence-corrected chi connectivity index (χ0v) is 16.0. The quantitative estimate of drug-likeness (QED) is 0.869. The van der Waals surface area contributed by atoms with E-state index in [0.29, 0.717) is 6.04 Å². The van der Waals surface area contributed by atoms with E-state index in [1.807, 2.05) is 6.07 Å². The fourth-order valence-corrected chi connectivity index (χ4v) is 3.96. The lowest BCUT2D eigenvalue weighted by atomic mass is 10.0. The minimum atomic E-state index is 0.511. The number of aromatic nitrogens is 3. The molecule has 0 amide bonds. The Morgan fingerprint density at radius 3 is 2.85 bits per heavy atom. The third-order valence-electron chi connectivity index (χ3n) is 5.42. The van der Waals surface area contributed by atoms with Gasteiger partial charge in [0.05, 0.1) is 30.8 Å². The van der Waals surface area contributed by atoms with Crippen LogP contribution in [0.4, 0.5) is 23.1 Å². The Bertz CT molecular complexity index is 749. The normalized spacial score (nSPS) is 20.6. The van der Waals surface area contributed by atoms with Crippen molar-refractivity contribution in [2.24, 2.45) is 0 Å². The maximum Gasteiger partial charge on any atom is 0.247 e. The summed E-state index contributed by atoms with van der Waals surface area (Å²) in [5, 5.41) is 12.0. The first kappa shape index (κ1) is 18.0. The molecule has 1 N–H and O–H groups in total. The fourth-order valence-electron chi connectivity index (χ4n) is 3.96. The number of nitrogens with one attached hydrogen (secondary N) is 1. The lowest BCUT2D eigenvalue weighted by Gasteiger charge is -2.35. The van der Waals surface area contributed by atoms with Gasteiger partial charge in [-0.1, -0.05) is 19.1 Å². The lowest BCUT2D eigenvalue weighted by Crippen LogP contribution is -2.40. The Hall–Kier alpha value is -2.41. The second-order valence-electron chi connectivity index (χ2n) is 7.13. The van der Waals surface area contributed by atoms with Crippen LogP contribution in [0.25, 0.3) is 0 Å². The van der Waals surface area contributed by atoms with Crippen LogP contribution in [0, 0.1) is 0 Å². The van der Waals surface area contributed by atoms with Crippen LogP contribution in [-0.2, 0) is 4.74 Å². The number of hydrogen-bond acceptors (Lipinski definition) is 7. The zero-order valence-electron chi connectivity index (χ0n) is 16.0. The molecule has 0 radical (unpaired) electrons. The van der Waals surface area contributed by atoms with Gasteiger partial charge >= 0.3 is 0 Å². The Morgan fingerprint density at radius 1 is 1.15 bits per heavy atom. The lowest BCUT2D eigenvalue weighted by molar-refractivity contribution is 0.123. The van der Waals surface area contributed by atoms with E-state index in [-0.39, 0.29) is 0 Å². The highest BCUT2D eigenvalue weighted by atomic mass is 16.5. The topological polar surface area (TPSA) is 66.4 Å². The van der Waals surface area contributed by atoms with Crippen molar-refractivity contribution in [1.29, 1.82) is 0 Å². The molecular weight excluding hydrogens is 340 g/mol. The fraction of sp³-hybridized carbons (Fsp3) is 0.550. The Kier molecular flexibility index (Phi) is 5.67. The number of anilines is 4. The van der Waals surface area contributed by atoms with Crippen molar-refractivity contribution in [1.82, 2.24) is 15.2 Å². The number of hydrogen-bond donors (Lipinski definition) is 1. The second-order valence-corrected chi connectivity index (χ2v) is 7.13. The van der Waals surface area contributed by atoms with Crippen molar-refractivity contribution < 1.29 is 4.74 Å². The number of rotatable bonds is 5. The maximum absolute atomic E-state index is 5.48. The first-order chi connectivity index (χ1) is 13.3. The minimum absolute atomic E-state index is 0.511. The van der Waals surface area contributed by atoms with Gasteiger partial charge in [0, 0.05) is 25.7 Å². The first-order valence-electron chi connectivity index (χ1n) is 10.0. The summed E-state index contributed by atoms with van der Waals surface area (Å²) in [5.74, 6) is 1.47. The summed E-state index contributed by atoms with van der Waals surface area (Å²) in [6.45, 7) is 6.57. The van der Waals surface area contributed by atoms with Gasteiger partial charge in [-0.2, -0.15) is 10.1 Å². The van der Waals surface area contributed by atoms with Crippen molar-refractivity contribution in [3.63, 3.8) is 0 Å². The third kappa shape index (κ3) is 4.13. The Morgan fingerprint density at radius 2 is 2.00 bits per heavy atom. The highest BCUT2D eigenvalue weighted by Gasteiger charge is 2.24. The molecule has 2 aliphatic rings. The molecule has 2 fully saturated rings. The van der Waals surface area contributed by atoms with Crippen LogP contribution in [0.15, 0.2) is 30.5 Å². The molecule has 0 aliphatic carbocycles. The van der Waals surface area contributed by atoms with Crippen molar-refractivity contribution in [2.45, 2.75) is 38.6 Å². The predicted octanol–water partition coefficient (Wildman–Crippen LogP) is 3.22. The van der Waals surface area contributed by atoms with E-state index in [4.69, 9.17) is 9.72 Å². The summed E-state index contributed by atoms with van der Waals surface area (Å²) in [5.41, 5.74) is 2.21.